The number of aryl methyl sites for hydroxylation is 1. The van der Waals surface area contributed by atoms with Crippen LogP contribution < -0.4 is 14.2 Å². The highest BCUT2D eigenvalue weighted by atomic mass is 16.7. The van der Waals surface area contributed by atoms with E-state index >= 15 is 0 Å². The number of carbonyl (C=O) groups excluding carboxylic acids is 3. The molecule has 186 valence electrons. The van der Waals surface area contributed by atoms with Crippen molar-refractivity contribution in [2.24, 2.45) is 0 Å². The molecule has 7 nitrogen and oxygen atoms in total. The zero-order valence-corrected chi connectivity index (χ0v) is 20.4. The van der Waals surface area contributed by atoms with Crippen molar-refractivity contribution in [1.29, 1.82) is 0 Å². The maximum absolute atomic E-state index is 12.3. The van der Waals surface area contributed by atoms with Crippen molar-refractivity contribution < 1.29 is 33.3 Å². The number of rotatable bonds is 12. The third kappa shape index (κ3) is 7.84. The molecular weight excluding hydrogens is 460 g/mol. The van der Waals surface area contributed by atoms with E-state index in [1.165, 1.54) is 0 Å². The minimum absolute atomic E-state index is 0.0400. The molecule has 7 heteroatoms. The van der Waals surface area contributed by atoms with Crippen LogP contribution in [0.2, 0.25) is 0 Å². The van der Waals surface area contributed by atoms with Gasteiger partial charge in [-0.3, -0.25) is 9.59 Å². The Morgan fingerprint density at radius 1 is 0.750 bits per heavy atom. The number of Topliss-reactive ketones (excluding diaryl/α,β-unsaturated/α-hetero) is 1. The lowest BCUT2D eigenvalue weighted by molar-refractivity contribution is -0.145. The maximum Gasteiger partial charge on any atom is 0.335 e. The van der Waals surface area contributed by atoms with Crippen molar-refractivity contribution in [2.45, 2.75) is 26.7 Å². The van der Waals surface area contributed by atoms with Gasteiger partial charge in [0.2, 0.25) is 6.79 Å². The molecule has 3 aromatic carbocycles. The normalized spacial score (nSPS) is 10.4. The largest absolute Gasteiger partial charge is 0.485 e. The first-order valence-electron chi connectivity index (χ1n) is 11.3. The fourth-order valence-electron chi connectivity index (χ4n) is 3.10. The Balaban J connectivity index is 1.47. The van der Waals surface area contributed by atoms with Gasteiger partial charge >= 0.3 is 11.9 Å². The molecule has 0 bridgehead atoms. The molecule has 0 aliphatic heterocycles. The van der Waals surface area contributed by atoms with E-state index < -0.39 is 5.97 Å². The van der Waals surface area contributed by atoms with E-state index in [2.05, 4.69) is 13.2 Å². The average molecular weight is 489 g/mol. The zero-order valence-electron chi connectivity index (χ0n) is 20.4. The van der Waals surface area contributed by atoms with Crippen LogP contribution in [-0.4, -0.2) is 31.1 Å². The van der Waals surface area contributed by atoms with E-state index in [-0.39, 0.29) is 37.1 Å². The van der Waals surface area contributed by atoms with E-state index in [0.717, 1.165) is 16.3 Å². The van der Waals surface area contributed by atoms with Crippen molar-refractivity contribution in [3.05, 3.63) is 90.5 Å². The predicted molar refractivity (Wildman–Crippen MR) is 136 cm³/mol. The molecular formula is C29H28O7. The number of benzene rings is 3. The van der Waals surface area contributed by atoms with Crippen molar-refractivity contribution in [3.8, 4) is 17.2 Å². The Morgan fingerprint density at radius 2 is 1.39 bits per heavy atom. The Labute approximate surface area is 209 Å². The highest BCUT2D eigenvalue weighted by molar-refractivity contribution is 5.95. The summed E-state index contributed by atoms with van der Waals surface area (Å²) in [6.45, 7) is 10.0. The number of ether oxygens (including phenoxy) is 4. The molecule has 36 heavy (non-hydrogen) atoms. The summed E-state index contributed by atoms with van der Waals surface area (Å²) in [7, 11) is 0. The summed E-state index contributed by atoms with van der Waals surface area (Å²) in [6.07, 6.45) is 0.736. The third-order valence-electron chi connectivity index (χ3n) is 5.16. The predicted octanol–water partition coefficient (Wildman–Crippen LogP) is 5.36. The van der Waals surface area contributed by atoms with Crippen molar-refractivity contribution in [2.75, 3.05) is 13.4 Å². The minimum atomic E-state index is -0.530. The summed E-state index contributed by atoms with van der Waals surface area (Å²) in [5.41, 5.74) is 1.75. The Morgan fingerprint density at radius 3 is 2.08 bits per heavy atom. The number of ketones is 1. The summed E-state index contributed by atoms with van der Waals surface area (Å²) in [5, 5.41) is 1.97. The number of carbonyl (C=O) groups is 3. The van der Waals surface area contributed by atoms with Gasteiger partial charge in [0, 0.05) is 12.0 Å². The highest BCUT2D eigenvalue weighted by Crippen LogP contribution is 2.23. The monoisotopic (exact) mass is 488 g/mol. The maximum atomic E-state index is 12.3. The molecule has 0 heterocycles. The van der Waals surface area contributed by atoms with Crippen LogP contribution in [0.3, 0.4) is 0 Å². The minimum Gasteiger partial charge on any atom is -0.485 e. The smallest absolute Gasteiger partial charge is 0.335 e. The molecule has 3 aromatic rings. The molecule has 0 radical (unpaired) electrons. The third-order valence-corrected chi connectivity index (χ3v) is 5.16. The van der Waals surface area contributed by atoms with Gasteiger partial charge in [-0.2, -0.15) is 0 Å². The lowest BCUT2D eigenvalue weighted by Crippen LogP contribution is -2.11. The fraction of sp³-hybridized carbons (Fsp3) is 0.207. The van der Waals surface area contributed by atoms with E-state index in [1.807, 2.05) is 36.4 Å². The molecule has 0 amide bonds. The summed E-state index contributed by atoms with van der Waals surface area (Å²) in [6, 6.07) is 18.0. The Kier molecular flexibility index (Phi) is 9.00. The molecule has 3 rings (SSSR count). The standard InChI is InChI=1S/C29H28O7/c1-19(2)27(30)17-33-26-9-8-22-15-21(5-7-23(22)16-26)6-14-28(31)36-25-12-10-24(11-13-25)34-18-35-29(32)20(3)4/h5,7-13,15-16H,1,3,6,14,17-18H2,2,4H3. The van der Waals surface area contributed by atoms with Gasteiger partial charge in [-0.05, 0) is 78.6 Å². The molecule has 0 fully saturated rings. The van der Waals surface area contributed by atoms with Crippen LogP contribution in [0.25, 0.3) is 10.8 Å². The first-order valence-corrected chi connectivity index (χ1v) is 11.3. The van der Waals surface area contributed by atoms with Crippen molar-refractivity contribution in [1.82, 2.24) is 0 Å². The summed E-state index contributed by atoms with van der Waals surface area (Å²) in [4.78, 5) is 35.3. The van der Waals surface area contributed by atoms with Crippen LogP contribution in [0.15, 0.2) is 85.0 Å². The van der Waals surface area contributed by atoms with Gasteiger partial charge in [-0.15, -0.1) is 0 Å². The number of hydrogen-bond donors (Lipinski definition) is 0. The lowest BCUT2D eigenvalue weighted by Gasteiger charge is -2.09. The van der Waals surface area contributed by atoms with Crippen LogP contribution in [0, 0.1) is 0 Å². The molecule has 0 aromatic heterocycles. The van der Waals surface area contributed by atoms with Crippen molar-refractivity contribution >= 4 is 28.5 Å². The van der Waals surface area contributed by atoms with Crippen LogP contribution in [0.5, 0.6) is 17.2 Å². The van der Waals surface area contributed by atoms with Gasteiger partial charge in [0.1, 0.15) is 17.2 Å². The van der Waals surface area contributed by atoms with Crippen LogP contribution in [0.4, 0.5) is 0 Å². The van der Waals surface area contributed by atoms with Crippen LogP contribution >= 0.6 is 0 Å². The topological polar surface area (TPSA) is 88.1 Å². The molecule has 0 spiro atoms. The van der Waals surface area contributed by atoms with Gasteiger partial charge in [0.25, 0.3) is 0 Å². The van der Waals surface area contributed by atoms with E-state index in [1.54, 1.807) is 38.1 Å². The first kappa shape index (κ1) is 26.2. The van der Waals surface area contributed by atoms with Crippen LogP contribution in [0.1, 0.15) is 25.8 Å². The SMILES string of the molecule is C=C(C)C(=O)COc1ccc2cc(CCC(=O)Oc3ccc(OCOC(=O)C(=C)C)cc3)ccc2c1. The molecule has 0 atom stereocenters. The number of esters is 2. The molecule has 0 saturated heterocycles. The van der Waals surface area contributed by atoms with Gasteiger partial charge in [-0.1, -0.05) is 37.4 Å². The van der Waals surface area contributed by atoms with E-state index in [4.69, 9.17) is 18.9 Å². The summed E-state index contributed by atoms with van der Waals surface area (Å²) >= 11 is 0. The first-order chi connectivity index (χ1) is 17.2. The molecule has 0 aliphatic rings. The second-order valence-corrected chi connectivity index (χ2v) is 8.26. The second kappa shape index (κ2) is 12.4. The van der Waals surface area contributed by atoms with Gasteiger partial charge in [0.15, 0.2) is 12.4 Å². The lowest BCUT2D eigenvalue weighted by atomic mass is 10.0. The molecule has 0 aliphatic carbocycles. The molecule has 0 unspecified atom stereocenters. The average Bonchev–Trinajstić information content (AvgIpc) is 2.86. The molecule has 0 N–H and O–H groups in total. The van der Waals surface area contributed by atoms with Crippen LogP contribution in [-0.2, 0) is 25.5 Å². The number of fused-ring (bicyclic) bond motifs is 1. The van der Waals surface area contributed by atoms with Crippen molar-refractivity contribution in [3.63, 3.8) is 0 Å². The highest BCUT2D eigenvalue weighted by Gasteiger charge is 2.09. The summed E-state index contributed by atoms with van der Waals surface area (Å²) in [5.74, 6) is 0.447. The van der Waals surface area contributed by atoms with E-state index in [0.29, 0.717) is 29.2 Å². The summed E-state index contributed by atoms with van der Waals surface area (Å²) < 4.78 is 21.1. The van der Waals surface area contributed by atoms with E-state index in [9.17, 15) is 14.4 Å². The van der Waals surface area contributed by atoms with Gasteiger partial charge < -0.3 is 18.9 Å². The zero-order chi connectivity index (χ0) is 26.1. The fourth-order valence-corrected chi connectivity index (χ4v) is 3.10. The number of hydrogen-bond acceptors (Lipinski definition) is 7. The Hall–Kier alpha value is -4.39. The second-order valence-electron chi connectivity index (χ2n) is 8.26. The van der Waals surface area contributed by atoms with Gasteiger partial charge in [0.05, 0.1) is 0 Å². The molecule has 0 saturated carbocycles. The Bertz CT molecular complexity index is 1290. The quantitative estimate of drug-likeness (QED) is 0.147. The van der Waals surface area contributed by atoms with Gasteiger partial charge in [-0.25, -0.2) is 4.79 Å².